The van der Waals surface area contributed by atoms with Gasteiger partial charge >= 0.3 is 258 Å². The van der Waals surface area contributed by atoms with E-state index in [0.717, 1.165) is 31.2 Å². The van der Waals surface area contributed by atoms with E-state index in [0.29, 0.717) is 5.25 Å². The van der Waals surface area contributed by atoms with E-state index in [-0.39, 0.29) is 50.8 Å². The first-order chi connectivity index (χ1) is 30.5. The Morgan fingerprint density at radius 1 is 0.629 bits per heavy atom. The number of aryl methyl sites for hydroxylation is 4. The Morgan fingerprint density at radius 2 is 1.24 bits per heavy atom. The first kappa shape index (κ1) is 41.5. The standard InChI is InChI=1S/C58H56BI2S/c59-54-37-44(16-5-3-13-34-61-58(46-31-29-40-25-27-42(40)36-46)53-23-11-8-19-49(53)50-20-14-33-60-56(50)58)55(62)38-43(54)15-4-1-2-12-32-57(45-30-28-39-24-26-41(39)35-45)51-21-9-6-17-47(51)48-18-7-10-22-52(48)57/h6-11,14,17-23,28-31,33,35-37,55,62H,1-5,12-13,15-16,24-27,32,34,38H2/q-1. The summed E-state index contributed by atoms with van der Waals surface area (Å²) in [6.07, 6.45) is 25.1. The van der Waals surface area contributed by atoms with Gasteiger partial charge in [0.05, 0.1) is 0 Å². The van der Waals surface area contributed by atoms with Crippen molar-refractivity contribution in [2.24, 2.45) is 0 Å². The predicted molar refractivity (Wildman–Crippen MR) is 272 cm³/mol. The summed E-state index contributed by atoms with van der Waals surface area (Å²) in [5, 5.41) is 0.300. The number of benzene rings is 5. The number of rotatable bonds is 16. The first-order valence-corrected chi connectivity index (χ1v) is 28.9. The Labute approximate surface area is 397 Å². The van der Waals surface area contributed by atoms with Crippen LogP contribution in [0.25, 0.3) is 16.7 Å². The van der Waals surface area contributed by atoms with E-state index in [9.17, 15) is 0 Å². The molecule has 5 aromatic carbocycles. The zero-order valence-corrected chi connectivity index (χ0v) is 41.1. The van der Waals surface area contributed by atoms with Gasteiger partial charge in [0, 0.05) is 5.41 Å². The molecule has 62 heavy (non-hydrogen) atoms. The molecule has 2 radical (unpaired) electrons. The molecule has 1 aliphatic heterocycles. The zero-order valence-electron chi connectivity index (χ0n) is 35.9. The molecule has 11 rings (SSSR count). The topological polar surface area (TPSA) is 0 Å². The second-order valence-electron chi connectivity index (χ2n) is 18.5. The summed E-state index contributed by atoms with van der Waals surface area (Å²) in [6.45, 7) is 0. The number of hydrogen-bond acceptors (Lipinski definition) is 1. The van der Waals surface area contributed by atoms with Gasteiger partial charge in [0.15, 0.2) is 0 Å². The second-order valence-corrected chi connectivity index (χ2v) is 25.0. The van der Waals surface area contributed by atoms with Gasteiger partial charge in [0.25, 0.3) is 0 Å². The molecule has 1 heterocycles. The molecule has 6 aliphatic rings. The van der Waals surface area contributed by atoms with Crippen LogP contribution >= 0.6 is 33.4 Å². The minimum absolute atomic E-state index is 0.0717. The van der Waals surface area contributed by atoms with Crippen molar-refractivity contribution in [1.29, 1.82) is 0 Å². The maximum atomic E-state index is 6.83. The summed E-state index contributed by atoms with van der Waals surface area (Å²) in [5.74, 6) is 0. The molecule has 2 unspecified atom stereocenters. The third-order valence-corrected chi connectivity index (χ3v) is 23.6. The SMILES string of the molecule is [B]C1=C(CCCCCCC2(c3ccc4c(c3)CC4)c3ccccc3-c3ccccc32)CC(S)C(CCCCC[I-]C2(c3ccc4c(c3)CC4)C3=C(C=CC=I3)c3ccccc32)=C1. The quantitative estimate of drug-likeness (QED) is 0.0329. The van der Waals surface area contributed by atoms with Gasteiger partial charge in [-0.05, 0) is 58.2 Å². The van der Waals surface area contributed by atoms with E-state index >= 15 is 0 Å². The molecule has 0 saturated carbocycles. The average molecular weight is 1050 g/mol. The average Bonchev–Trinajstić information content (AvgIpc) is 3.73. The van der Waals surface area contributed by atoms with Crippen LogP contribution in [0.4, 0.5) is 0 Å². The molecule has 0 fully saturated rings. The van der Waals surface area contributed by atoms with Crippen molar-refractivity contribution in [1.82, 2.24) is 0 Å². The molecule has 0 amide bonds. The van der Waals surface area contributed by atoms with Crippen LogP contribution in [0.15, 0.2) is 148 Å². The van der Waals surface area contributed by atoms with Gasteiger partial charge in [-0.3, -0.25) is 0 Å². The Kier molecular flexibility index (Phi) is 11.8. The molecule has 4 heteroatoms. The third kappa shape index (κ3) is 7.19. The molecule has 0 N–H and O–H groups in total. The van der Waals surface area contributed by atoms with Crippen LogP contribution in [-0.4, -0.2) is 21.5 Å². The van der Waals surface area contributed by atoms with Crippen LogP contribution in [0.1, 0.15) is 126 Å². The Bertz CT molecular complexity index is 2680. The Hall–Kier alpha value is -3.20. The van der Waals surface area contributed by atoms with Gasteiger partial charge in [-0.1, -0.05) is 79.6 Å². The van der Waals surface area contributed by atoms with Gasteiger partial charge in [-0.15, -0.1) is 0 Å². The molecule has 0 bridgehead atoms. The minimum atomic E-state index is -0.123. The molecule has 0 spiro atoms. The van der Waals surface area contributed by atoms with Crippen molar-refractivity contribution in [3.63, 3.8) is 0 Å². The number of allylic oxidation sites excluding steroid dienone is 7. The summed E-state index contributed by atoms with van der Waals surface area (Å²) < 4.78 is 5.78. The fraction of sp³-hybridized carbons (Fsp3) is 0.328. The molecule has 5 aromatic rings. The van der Waals surface area contributed by atoms with Crippen molar-refractivity contribution < 1.29 is 21.2 Å². The molecule has 312 valence electrons. The van der Waals surface area contributed by atoms with Gasteiger partial charge in [0.1, 0.15) is 0 Å². The zero-order chi connectivity index (χ0) is 41.7. The maximum absolute atomic E-state index is 6.83. The van der Waals surface area contributed by atoms with Crippen molar-refractivity contribution in [2.45, 2.75) is 110 Å². The van der Waals surface area contributed by atoms with E-state index in [2.05, 4.69) is 131 Å². The van der Waals surface area contributed by atoms with Crippen molar-refractivity contribution >= 4 is 50.8 Å². The Balaban J connectivity index is 0.694. The van der Waals surface area contributed by atoms with Crippen molar-refractivity contribution in [3.8, 4) is 11.1 Å². The van der Waals surface area contributed by atoms with Crippen molar-refractivity contribution in [3.05, 3.63) is 203 Å². The molecule has 0 aromatic heterocycles. The molecule has 0 nitrogen and oxygen atoms in total. The van der Waals surface area contributed by atoms with Crippen LogP contribution in [0, 0.1) is 0 Å². The number of thiol groups is 1. The van der Waals surface area contributed by atoms with E-state index < -0.39 is 0 Å². The number of hydrogen-bond donors (Lipinski definition) is 1. The molecule has 2 atom stereocenters. The van der Waals surface area contributed by atoms with E-state index in [1.54, 1.807) is 42.5 Å². The van der Waals surface area contributed by atoms with E-state index in [4.69, 9.17) is 20.5 Å². The molecular weight excluding hydrogens is 993 g/mol. The van der Waals surface area contributed by atoms with Crippen LogP contribution in [0.2, 0.25) is 0 Å². The van der Waals surface area contributed by atoms with Crippen LogP contribution in [0.5, 0.6) is 0 Å². The van der Waals surface area contributed by atoms with Crippen molar-refractivity contribution in [2.75, 3.05) is 4.43 Å². The third-order valence-electron chi connectivity index (χ3n) is 15.1. The van der Waals surface area contributed by atoms with Gasteiger partial charge in [0.2, 0.25) is 0 Å². The van der Waals surface area contributed by atoms with Gasteiger partial charge in [-0.25, -0.2) is 0 Å². The summed E-state index contributed by atoms with van der Waals surface area (Å²) >= 11 is 4.93. The molecular formula is C58H56BI2S-. The van der Waals surface area contributed by atoms with Crippen LogP contribution in [0.3, 0.4) is 0 Å². The normalized spacial score (nSPS) is 20.9. The first-order valence-electron chi connectivity index (χ1n) is 23.4. The number of unbranched alkanes of at least 4 members (excludes halogenated alkanes) is 5. The summed E-state index contributed by atoms with van der Waals surface area (Å²) in [7, 11) is 6.83. The van der Waals surface area contributed by atoms with Crippen LogP contribution in [-0.2, 0) is 34.5 Å². The second kappa shape index (κ2) is 17.6. The van der Waals surface area contributed by atoms with E-state index in [1.165, 1.54) is 120 Å². The fourth-order valence-corrected chi connectivity index (χ4v) is 20.4. The van der Waals surface area contributed by atoms with Gasteiger partial charge < -0.3 is 0 Å². The molecule has 0 saturated heterocycles. The number of alkyl halides is 2. The summed E-state index contributed by atoms with van der Waals surface area (Å²) in [4.78, 5) is 0. The van der Waals surface area contributed by atoms with Crippen LogP contribution < -0.4 is 21.2 Å². The Morgan fingerprint density at radius 3 is 1.95 bits per heavy atom. The monoisotopic (exact) mass is 1050 g/mol. The predicted octanol–water partition coefficient (Wildman–Crippen LogP) is 11.3. The molecule has 5 aliphatic carbocycles. The van der Waals surface area contributed by atoms with Gasteiger partial charge in [-0.2, -0.15) is 0 Å². The summed E-state index contributed by atoms with van der Waals surface area (Å²) in [5.41, 5.74) is 23.7. The summed E-state index contributed by atoms with van der Waals surface area (Å²) in [6, 6.07) is 42.8. The van der Waals surface area contributed by atoms with E-state index in [1.807, 2.05) is 0 Å². The number of halogens is 2. The number of fused-ring (bicyclic) bond motifs is 7. The fourth-order valence-electron chi connectivity index (χ4n) is 11.6.